The molecule has 210 valence electrons. The number of nitrogens with zero attached hydrogens (tertiary/aromatic N) is 1. The van der Waals surface area contributed by atoms with Crippen molar-refractivity contribution in [3.8, 4) is 11.5 Å². The van der Waals surface area contributed by atoms with E-state index < -0.39 is 45.3 Å². The molecule has 3 atom stereocenters. The number of anilines is 1. The number of nitrogens with one attached hydrogen (secondary N) is 1. The third-order valence-corrected chi connectivity index (χ3v) is 10.1. The van der Waals surface area contributed by atoms with Crippen LogP contribution in [0.25, 0.3) is 0 Å². The quantitative estimate of drug-likeness (QED) is 0.192. The molecule has 4 aromatic carbocycles. The van der Waals surface area contributed by atoms with Gasteiger partial charge in [0, 0.05) is 10.7 Å². The molecule has 3 aliphatic carbocycles. The second-order valence-corrected chi connectivity index (χ2v) is 12.4. The van der Waals surface area contributed by atoms with Gasteiger partial charge in [-0.05, 0) is 77.7 Å². The Bertz CT molecular complexity index is 1650. The molecule has 2 bridgehead atoms. The molecular formula is C33H23Cl3N2O4. The molecule has 4 aromatic rings. The molecule has 9 heteroatoms. The first-order valence-corrected chi connectivity index (χ1v) is 14.6. The van der Waals surface area contributed by atoms with Gasteiger partial charge in [0.2, 0.25) is 17.7 Å². The Morgan fingerprint density at radius 3 is 1.57 bits per heavy atom. The highest BCUT2D eigenvalue weighted by Gasteiger charge is 2.73. The summed E-state index contributed by atoms with van der Waals surface area (Å²) in [6, 6.07) is 27.5. The van der Waals surface area contributed by atoms with E-state index in [2.05, 4.69) is 5.32 Å². The van der Waals surface area contributed by atoms with Gasteiger partial charge in [-0.2, -0.15) is 0 Å². The Balaban J connectivity index is 1.16. The van der Waals surface area contributed by atoms with Crippen LogP contribution in [0.5, 0.6) is 11.5 Å². The lowest BCUT2D eigenvalue weighted by atomic mass is 9.54. The summed E-state index contributed by atoms with van der Waals surface area (Å²) < 4.78 is 5.81. The van der Waals surface area contributed by atoms with Crippen LogP contribution in [0.3, 0.4) is 0 Å². The van der Waals surface area contributed by atoms with Crippen LogP contribution in [0.2, 0.25) is 5.02 Å². The predicted molar refractivity (Wildman–Crippen MR) is 161 cm³/mol. The van der Waals surface area contributed by atoms with E-state index in [1.807, 2.05) is 48.5 Å². The molecule has 1 fully saturated rings. The number of hydrogen-bond donors (Lipinski definition) is 1. The number of imide groups is 1. The van der Waals surface area contributed by atoms with E-state index in [0.717, 1.165) is 4.90 Å². The van der Waals surface area contributed by atoms with Gasteiger partial charge in [0.15, 0.2) is 0 Å². The van der Waals surface area contributed by atoms with E-state index in [9.17, 15) is 14.4 Å². The lowest BCUT2D eigenvalue weighted by Gasteiger charge is -2.54. The van der Waals surface area contributed by atoms with Gasteiger partial charge >= 0.3 is 0 Å². The minimum atomic E-state index is -1.30. The summed E-state index contributed by atoms with van der Waals surface area (Å²) in [5.41, 5.74) is 3.32. The highest BCUT2D eigenvalue weighted by Crippen LogP contribution is 2.69. The molecule has 8 rings (SSSR count). The molecule has 0 saturated carbocycles. The van der Waals surface area contributed by atoms with Crippen LogP contribution in [0.1, 0.15) is 29.2 Å². The Kier molecular flexibility index (Phi) is 6.17. The van der Waals surface area contributed by atoms with Crippen LogP contribution in [0, 0.1) is 11.8 Å². The second kappa shape index (κ2) is 9.60. The number of ether oxygens (including phenoxy) is 1. The summed E-state index contributed by atoms with van der Waals surface area (Å²) in [6.45, 7) is 1.53. The maximum absolute atomic E-state index is 14.1. The molecule has 4 aliphatic rings. The smallest absolute Gasteiger partial charge is 0.247 e. The summed E-state index contributed by atoms with van der Waals surface area (Å²) in [6.07, 6.45) is 0. The molecule has 0 radical (unpaired) electrons. The van der Waals surface area contributed by atoms with Gasteiger partial charge in [-0.25, -0.2) is 0 Å². The first-order valence-electron chi connectivity index (χ1n) is 13.4. The number of rotatable bonds is 5. The summed E-state index contributed by atoms with van der Waals surface area (Å²) in [5.74, 6) is -2.29. The van der Waals surface area contributed by atoms with Crippen molar-refractivity contribution < 1.29 is 19.1 Å². The molecule has 3 amide bonds. The number of carbonyl (C=O) groups excluding carboxylic acids is 3. The summed E-state index contributed by atoms with van der Waals surface area (Å²) in [7, 11) is 0. The van der Waals surface area contributed by atoms with Crippen LogP contribution < -0.4 is 10.1 Å². The van der Waals surface area contributed by atoms with Crippen molar-refractivity contribution >= 4 is 58.2 Å². The average Bonchev–Trinajstić information content (AvgIpc) is 3.28. The van der Waals surface area contributed by atoms with Crippen molar-refractivity contribution in [1.82, 2.24) is 4.90 Å². The molecule has 0 aromatic heterocycles. The molecule has 42 heavy (non-hydrogen) atoms. The van der Waals surface area contributed by atoms with E-state index in [4.69, 9.17) is 39.5 Å². The minimum absolute atomic E-state index is 0.481. The Morgan fingerprint density at radius 2 is 1.14 bits per heavy atom. The zero-order valence-corrected chi connectivity index (χ0v) is 24.5. The van der Waals surface area contributed by atoms with Gasteiger partial charge in [-0.3, -0.25) is 19.3 Å². The first kappa shape index (κ1) is 27.0. The molecule has 1 N–H and O–H groups in total. The molecule has 0 spiro atoms. The highest BCUT2D eigenvalue weighted by atomic mass is 35.5. The van der Waals surface area contributed by atoms with Crippen LogP contribution in [-0.4, -0.2) is 28.7 Å². The maximum Gasteiger partial charge on any atom is 0.247 e. The standard InChI is InChI=1S/C33H23Cl3N2O4/c1-18(29(39)37-20-12-16-22(17-13-20)42-21-14-10-19(34)11-15-21)38-30(40)27-28(31(38)41)33(36)24-7-3-2-6-23(24)32(27,35)25-8-4-5-9-26(25)33/h2-18,27-28H,1H3,(H,37,39)/t18-,27-,28+,32?,33?/m0/s1. The Labute approximate surface area is 257 Å². The van der Waals surface area contributed by atoms with Crippen molar-refractivity contribution in [2.75, 3.05) is 5.32 Å². The highest BCUT2D eigenvalue weighted by molar-refractivity contribution is 6.36. The maximum atomic E-state index is 14.1. The number of likely N-dealkylation sites (tertiary alicyclic amines) is 1. The molecule has 1 aliphatic heterocycles. The largest absolute Gasteiger partial charge is 0.457 e. The first-order chi connectivity index (χ1) is 20.2. The van der Waals surface area contributed by atoms with Crippen molar-refractivity contribution in [3.05, 3.63) is 124 Å². The number of amides is 3. The molecule has 1 saturated heterocycles. The van der Waals surface area contributed by atoms with Crippen LogP contribution in [-0.2, 0) is 24.1 Å². The van der Waals surface area contributed by atoms with E-state index in [-0.39, 0.29) is 0 Å². The van der Waals surface area contributed by atoms with Crippen LogP contribution >= 0.6 is 34.8 Å². The number of alkyl halides is 2. The summed E-state index contributed by atoms with van der Waals surface area (Å²) in [5, 5.41) is 3.41. The van der Waals surface area contributed by atoms with Crippen LogP contribution in [0.15, 0.2) is 97.1 Å². The van der Waals surface area contributed by atoms with Gasteiger partial charge in [0.05, 0.1) is 11.8 Å². The summed E-state index contributed by atoms with van der Waals surface area (Å²) >= 11 is 20.9. The zero-order chi connectivity index (χ0) is 29.4. The molecule has 0 unspecified atom stereocenters. The fourth-order valence-electron chi connectivity index (χ4n) is 6.68. The molecule has 1 heterocycles. The second-order valence-electron chi connectivity index (χ2n) is 10.8. The Morgan fingerprint density at radius 1 is 0.738 bits per heavy atom. The number of carbonyl (C=O) groups is 3. The monoisotopic (exact) mass is 616 g/mol. The lowest BCUT2D eigenvalue weighted by Crippen LogP contribution is -2.57. The zero-order valence-electron chi connectivity index (χ0n) is 22.2. The topological polar surface area (TPSA) is 75.7 Å². The lowest BCUT2D eigenvalue weighted by molar-refractivity contribution is -0.146. The van der Waals surface area contributed by atoms with Crippen LogP contribution in [0.4, 0.5) is 5.69 Å². The third kappa shape index (κ3) is 3.68. The third-order valence-electron chi connectivity index (χ3n) is 8.56. The van der Waals surface area contributed by atoms with E-state index in [1.54, 1.807) is 48.5 Å². The van der Waals surface area contributed by atoms with E-state index >= 15 is 0 Å². The van der Waals surface area contributed by atoms with Crippen molar-refractivity contribution in [2.45, 2.75) is 22.7 Å². The SMILES string of the molecule is C[C@@H](C(=O)Nc1ccc(Oc2ccc(Cl)cc2)cc1)N1C(=O)[C@@H]2[C@H](C1=O)C1(Cl)c3ccccc3C2(Cl)c2ccccc21. The molecule has 6 nitrogen and oxygen atoms in total. The van der Waals surface area contributed by atoms with Crippen molar-refractivity contribution in [3.63, 3.8) is 0 Å². The van der Waals surface area contributed by atoms with Crippen molar-refractivity contribution in [1.29, 1.82) is 0 Å². The van der Waals surface area contributed by atoms with Gasteiger partial charge < -0.3 is 10.1 Å². The van der Waals surface area contributed by atoms with Crippen molar-refractivity contribution in [2.24, 2.45) is 11.8 Å². The summed E-state index contributed by atoms with van der Waals surface area (Å²) in [4.78, 5) is 40.1. The minimum Gasteiger partial charge on any atom is -0.457 e. The average molecular weight is 618 g/mol. The van der Waals surface area contributed by atoms with Gasteiger partial charge in [-0.15, -0.1) is 23.2 Å². The van der Waals surface area contributed by atoms with Gasteiger partial charge in [-0.1, -0.05) is 60.1 Å². The normalized spacial score (nSPS) is 25.9. The number of hydrogen-bond acceptors (Lipinski definition) is 4. The number of halogens is 3. The Hall–Kier alpha value is -3.84. The predicted octanol–water partition coefficient (Wildman–Crippen LogP) is 7.05. The fourth-order valence-corrected chi connectivity index (χ4v) is 7.90. The van der Waals surface area contributed by atoms with Gasteiger partial charge in [0.25, 0.3) is 0 Å². The van der Waals surface area contributed by atoms with E-state index in [1.165, 1.54) is 6.92 Å². The van der Waals surface area contributed by atoms with Gasteiger partial charge in [0.1, 0.15) is 27.3 Å². The fraction of sp³-hybridized carbons (Fsp3) is 0.182. The number of benzene rings is 4. The molecular weight excluding hydrogens is 595 g/mol. The van der Waals surface area contributed by atoms with E-state index in [0.29, 0.717) is 44.5 Å².